The van der Waals surface area contributed by atoms with Crippen LogP contribution >= 0.6 is 11.3 Å². The van der Waals surface area contributed by atoms with E-state index in [4.69, 9.17) is 4.98 Å². The lowest BCUT2D eigenvalue weighted by molar-refractivity contribution is 0.0743. The molecule has 1 fully saturated rings. The Morgan fingerprint density at radius 1 is 1.16 bits per heavy atom. The van der Waals surface area contributed by atoms with Crippen LogP contribution in [0.5, 0.6) is 0 Å². The summed E-state index contributed by atoms with van der Waals surface area (Å²) in [4.78, 5) is 32.6. The number of aryl methyl sites for hydroxylation is 1. The molecule has 0 bridgehead atoms. The summed E-state index contributed by atoms with van der Waals surface area (Å²) in [5.74, 6) is 2.11. The monoisotopic (exact) mass is 445 g/mol. The molecule has 0 spiro atoms. The van der Waals surface area contributed by atoms with E-state index in [0.717, 1.165) is 42.3 Å². The van der Waals surface area contributed by atoms with Gasteiger partial charge in [-0.25, -0.2) is 15.0 Å². The number of thiazole rings is 1. The van der Waals surface area contributed by atoms with Crippen LogP contribution < -0.4 is 5.32 Å². The van der Waals surface area contributed by atoms with Crippen LogP contribution in [0.15, 0.2) is 60.4 Å². The van der Waals surface area contributed by atoms with E-state index in [0.29, 0.717) is 17.5 Å². The normalized spacial score (nSPS) is 15.8. The van der Waals surface area contributed by atoms with Crippen LogP contribution in [0.25, 0.3) is 17.2 Å². The molecule has 0 radical (unpaired) electrons. The number of hydrogen-bond acceptors (Lipinski definition) is 7. The highest BCUT2D eigenvalue weighted by Crippen LogP contribution is 2.23. The predicted molar refractivity (Wildman–Crippen MR) is 124 cm³/mol. The molecule has 0 aliphatic carbocycles. The second kappa shape index (κ2) is 8.88. The highest BCUT2D eigenvalue weighted by Gasteiger charge is 2.30. The van der Waals surface area contributed by atoms with Crippen molar-refractivity contribution in [2.45, 2.75) is 25.8 Å². The number of anilines is 1. The van der Waals surface area contributed by atoms with E-state index in [1.807, 2.05) is 64.4 Å². The van der Waals surface area contributed by atoms with Gasteiger partial charge in [0.1, 0.15) is 11.6 Å². The van der Waals surface area contributed by atoms with Gasteiger partial charge in [-0.15, -0.1) is 11.3 Å². The Hall–Kier alpha value is -3.59. The first kappa shape index (κ1) is 20.3. The topological polar surface area (TPSA) is 88.8 Å². The smallest absolute Gasteiger partial charge is 0.283 e. The molecule has 1 unspecified atom stereocenters. The second-order valence-electron chi connectivity index (χ2n) is 7.69. The molecule has 4 heterocycles. The van der Waals surface area contributed by atoms with Crippen LogP contribution in [-0.2, 0) is 0 Å². The molecule has 5 rings (SSSR count). The predicted octanol–water partition coefficient (Wildman–Crippen LogP) is 3.81. The lowest BCUT2D eigenvalue weighted by Gasteiger charge is -2.24. The minimum absolute atomic E-state index is 0.000336. The van der Waals surface area contributed by atoms with Gasteiger partial charge in [0, 0.05) is 48.7 Å². The van der Waals surface area contributed by atoms with Gasteiger partial charge in [0.15, 0.2) is 5.01 Å². The summed E-state index contributed by atoms with van der Waals surface area (Å²) in [6.45, 7) is 3.31. The summed E-state index contributed by atoms with van der Waals surface area (Å²) in [5.41, 5.74) is 1.94. The molecule has 1 saturated heterocycles. The Bertz CT molecular complexity index is 1210. The van der Waals surface area contributed by atoms with Crippen LogP contribution in [0, 0.1) is 6.92 Å². The Kier molecular flexibility index (Phi) is 5.64. The van der Waals surface area contributed by atoms with Gasteiger partial charge in [0.2, 0.25) is 5.95 Å². The molecule has 1 amide bonds. The van der Waals surface area contributed by atoms with Crippen LogP contribution in [0.3, 0.4) is 0 Å². The summed E-state index contributed by atoms with van der Waals surface area (Å²) in [7, 11) is 0. The van der Waals surface area contributed by atoms with Crippen molar-refractivity contribution in [3.05, 3.63) is 71.1 Å². The molecule has 3 aromatic heterocycles. The Morgan fingerprint density at radius 2 is 2.03 bits per heavy atom. The number of amides is 1. The molecule has 32 heavy (non-hydrogen) atoms. The number of carbonyl (C=O) groups excluding carboxylic acids is 1. The van der Waals surface area contributed by atoms with Crippen molar-refractivity contribution < 1.29 is 4.79 Å². The van der Waals surface area contributed by atoms with Gasteiger partial charge in [-0.1, -0.05) is 30.3 Å². The van der Waals surface area contributed by atoms with Crippen LogP contribution in [0.4, 0.5) is 5.95 Å². The van der Waals surface area contributed by atoms with Crippen molar-refractivity contribution in [3.8, 4) is 17.2 Å². The van der Waals surface area contributed by atoms with Gasteiger partial charge in [0.25, 0.3) is 5.91 Å². The van der Waals surface area contributed by atoms with Crippen molar-refractivity contribution in [3.63, 3.8) is 0 Å². The molecule has 0 saturated carbocycles. The van der Waals surface area contributed by atoms with E-state index < -0.39 is 0 Å². The van der Waals surface area contributed by atoms with E-state index in [-0.39, 0.29) is 11.9 Å². The van der Waals surface area contributed by atoms with Crippen molar-refractivity contribution in [1.29, 1.82) is 0 Å². The van der Waals surface area contributed by atoms with Gasteiger partial charge < -0.3 is 10.2 Å². The van der Waals surface area contributed by atoms with Crippen molar-refractivity contribution in [2.24, 2.45) is 0 Å². The largest absolute Gasteiger partial charge is 0.352 e. The van der Waals surface area contributed by atoms with E-state index in [1.54, 1.807) is 12.4 Å². The maximum Gasteiger partial charge on any atom is 0.283 e. The first-order valence-electron chi connectivity index (χ1n) is 10.6. The first-order valence-corrected chi connectivity index (χ1v) is 11.5. The van der Waals surface area contributed by atoms with Gasteiger partial charge >= 0.3 is 0 Å². The Balaban J connectivity index is 1.33. The number of nitrogens with zero attached hydrogens (tertiary/aromatic N) is 6. The third kappa shape index (κ3) is 4.11. The minimum atomic E-state index is 0.000336. The zero-order chi connectivity index (χ0) is 21.9. The first-order chi connectivity index (χ1) is 15.7. The maximum atomic E-state index is 12.7. The SMILES string of the molecule is Cc1cn(-c2ccnc(NCC3CCCN3C(=O)c3nccs3)n2)c(-c2ccccc2)n1. The van der Waals surface area contributed by atoms with Crippen molar-refractivity contribution >= 4 is 23.2 Å². The fourth-order valence-electron chi connectivity index (χ4n) is 4.01. The molecule has 4 aromatic rings. The zero-order valence-electron chi connectivity index (χ0n) is 17.7. The fraction of sp³-hybridized carbons (Fsp3) is 0.261. The van der Waals surface area contributed by atoms with E-state index in [9.17, 15) is 4.79 Å². The second-order valence-corrected chi connectivity index (χ2v) is 8.59. The number of rotatable bonds is 6. The number of nitrogens with one attached hydrogen (secondary N) is 1. The molecule has 162 valence electrons. The summed E-state index contributed by atoms with van der Waals surface area (Å²) in [6, 6.07) is 12.0. The Labute approximate surface area is 190 Å². The maximum absolute atomic E-state index is 12.7. The number of hydrogen-bond donors (Lipinski definition) is 1. The Morgan fingerprint density at radius 3 is 2.84 bits per heavy atom. The number of benzene rings is 1. The average Bonchev–Trinajstić information content (AvgIpc) is 3.59. The molecule has 1 aliphatic rings. The molecular formula is C23H23N7OS. The van der Waals surface area contributed by atoms with Gasteiger partial charge in [-0.3, -0.25) is 9.36 Å². The summed E-state index contributed by atoms with van der Waals surface area (Å²) < 4.78 is 1.98. The number of carbonyl (C=O) groups is 1. The molecule has 1 aliphatic heterocycles. The summed E-state index contributed by atoms with van der Waals surface area (Å²) in [5, 5.41) is 5.70. The van der Waals surface area contributed by atoms with Crippen molar-refractivity contribution in [2.75, 3.05) is 18.4 Å². The number of likely N-dealkylation sites (tertiary alicyclic amines) is 1. The van der Waals surface area contributed by atoms with Crippen molar-refractivity contribution in [1.82, 2.24) is 29.4 Å². The third-order valence-corrected chi connectivity index (χ3v) is 6.26. The summed E-state index contributed by atoms with van der Waals surface area (Å²) >= 11 is 1.38. The van der Waals surface area contributed by atoms with Crippen LogP contribution in [0.1, 0.15) is 28.3 Å². The lowest BCUT2D eigenvalue weighted by Crippen LogP contribution is -2.39. The van der Waals surface area contributed by atoms with E-state index in [2.05, 4.69) is 20.3 Å². The van der Waals surface area contributed by atoms with E-state index >= 15 is 0 Å². The third-order valence-electron chi connectivity index (χ3n) is 5.50. The van der Waals surface area contributed by atoms with Crippen LogP contribution in [0.2, 0.25) is 0 Å². The lowest BCUT2D eigenvalue weighted by atomic mass is 10.2. The number of imidazole rings is 1. The minimum Gasteiger partial charge on any atom is -0.352 e. The fourth-order valence-corrected chi connectivity index (χ4v) is 4.60. The molecule has 1 N–H and O–H groups in total. The quantitative estimate of drug-likeness (QED) is 0.485. The molecule has 9 heteroatoms. The average molecular weight is 446 g/mol. The molecular weight excluding hydrogens is 422 g/mol. The highest BCUT2D eigenvalue weighted by atomic mass is 32.1. The number of aromatic nitrogens is 5. The molecule has 1 atom stereocenters. The highest BCUT2D eigenvalue weighted by molar-refractivity contribution is 7.11. The zero-order valence-corrected chi connectivity index (χ0v) is 18.5. The standard InChI is InChI=1S/C23H23N7OS/c1-16-15-30(20(27-16)17-6-3-2-4-7-17)19-9-10-25-23(28-19)26-14-18-8-5-12-29(18)22(31)21-24-11-13-32-21/h2-4,6-7,9-11,13,15,18H,5,8,12,14H2,1H3,(H,25,26,28). The van der Waals surface area contributed by atoms with Gasteiger partial charge in [-0.05, 0) is 25.8 Å². The summed E-state index contributed by atoms with van der Waals surface area (Å²) in [6.07, 6.45) is 7.31. The van der Waals surface area contributed by atoms with Gasteiger partial charge in [-0.2, -0.15) is 4.98 Å². The molecule has 8 nitrogen and oxygen atoms in total. The van der Waals surface area contributed by atoms with Crippen LogP contribution in [-0.4, -0.2) is 54.4 Å². The van der Waals surface area contributed by atoms with E-state index in [1.165, 1.54) is 11.3 Å². The molecule has 1 aromatic carbocycles. The van der Waals surface area contributed by atoms with Gasteiger partial charge in [0.05, 0.1) is 5.69 Å².